The predicted octanol–water partition coefficient (Wildman–Crippen LogP) is 18.9. The summed E-state index contributed by atoms with van der Waals surface area (Å²) in [4.78, 5) is 91.3. The summed E-state index contributed by atoms with van der Waals surface area (Å²) in [5.41, 5.74) is -1.10. The van der Waals surface area contributed by atoms with Crippen molar-refractivity contribution in [3.63, 3.8) is 0 Å². The first-order chi connectivity index (χ1) is 71.7. The van der Waals surface area contributed by atoms with Crippen LogP contribution in [0.2, 0.25) is 0 Å². The third-order valence-electron chi connectivity index (χ3n) is 26.3. The molecule has 11 fully saturated rings. The first kappa shape index (κ1) is 113. The Labute approximate surface area is 878 Å². The number of carbonyl (C=O) groups is 7. The number of esters is 6. The van der Waals surface area contributed by atoms with Crippen molar-refractivity contribution in [3.05, 3.63) is 363 Å². The van der Waals surface area contributed by atoms with Gasteiger partial charge in [-0.15, -0.1) is 0 Å². The van der Waals surface area contributed by atoms with E-state index in [1.165, 1.54) is 82.7 Å². The van der Waals surface area contributed by atoms with Crippen LogP contribution in [0.4, 0.5) is 26.3 Å². The second-order valence-electron chi connectivity index (χ2n) is 37.4. The molecule has 23 rings (SSSR count). The number of benzene rings is 12. The number of carboxylic acid groups (broad SMARTS) is 1. The summed E-state index contributed by atoms with van der Waals surface area (Å²) < 4.78 is 208. The Bertz CT molecular complexity index is 6190. The number of ether oxygens (including phenoxy) is 7. The monoisotopic (exact) mass is 2190 g/mol. The van der Waals surface area contributed by atoms with E-state index >= 15 is 0 Å². The van der Waals surface area contributed by atoms with Gasteiger partial charge in [-0.1, -0.05) is 170 Å². The molecular formula is C113H108F6O24S7. The molecule has 788 valence electrons. The molecule has 5 unspecified atom stereocenters. The topological polar surface area (TPSA) is 379 Å². The fraction of sp³-hybridized carbons (Fsp3) is 0.301. The van der Waals surface area contributed by atoms with E-state index in [0.717, 1.165) is 65.0 Å². The van der Waals surface area contributed by atoms with Crippen LogP contribution < -0.4 is 5.11 Å². The SMILES string of the molecule is CC(=O)OCC(=O)[O-].Fc1cccc([S+](c2ccccc2)c2ccccc2)c1.Fc1cccc([S+](c2ccccc2)c2ccccc2)c1.Fc1cccc([S+](c2ccccc2)c2ccccc2)c1.Fc1cccc([S+](c2ccccc2)c2ccccc2)c1.O=C(CS(=O)(=O)[O-])OC1C2CC3C(=O)OC1C3O2.O=C(CS(=O)(=O)[O-])OCCOC(=O)C12CC3CC(CC(C3)C1)C2.O=C(OCC(F)(F)S(=O)(=O)[O-])C12CC3CC(CC(C3)C1)C2. The first-order valence-corrected chi connectivity index (χ1v) is 57.7. The Hall–Kier alpha value is -12.4. The molecule has 10 bridgehead atoms. The summed E-state index contributed by atoms with van der Waals surface area (Å²) in [6, 6.07) is 110. The van der Waals surface area contributed by atoms with E-state index in [1.807, 2.05) is 170 Å². The average molecular weight is 2190 g/mol. The molecule has 3 saturated heterocycles. The van der Waals surface area contributed by atoms with Crippen molar-refractivity contribution in [2.24, 2.45) is 52.3 Å². The molecule has 5 atom stereocenters. The fourth-order valence-electron chi connectivity index (χ4n) is 21.1. The van der Waals surface area contributed by atoms with Crippen molar-refractivity contribution in [1.29, 1.82) is 0 Å². The van der Waals surface area contributed by atoms with E-state index in [0.29, 0.717) is 61.2 Å². The quantitative estimate of drug-likeness (QED) is 0.0115. The minimum atomic E-state index is -5.81. The van der Waals surface area contributed by atoms with Crippen molar-refractivity contribution in [2.45, 2.75) is 179 Å². The molecule has 12 aromatic carbocycles. The number of hydrogen-bond donors (Lipinski definition) is 0. The van der Waals surface area contributed by atoms with Gasteiger partial charge < -0.3 is 56.7 Å². The molecule has 8 aliphatic carbocycles. The molecule has 37 heteroatoms. The molecule has 0 N–H and O–H groups in total. The maximum absolute atomic E-state index is 13.6. The Morgan fingerprint density at radius 3 is 0.880 bits per heavy atom. The maximum atomic E-state index is 13.6. The zero-order chi connectivity index (χ0) is 107. The summed E-state index contributed by atoms with van der Waals surface area (Å²) in [7, 11) is -16.2. The second-order valence-corrected chi connectivity index (χ2v) is 49.8. The minimum absolute atomic E-state index is 0.106. The molecule has 24 nitrogen and oxygen atoms in total. The van der Waals surface area contributed by atoms with Crippen LogP contribution in [-0.2, 0) is 141 Å². The van der Waals surface area contributed by atoms with Crippen LogP contribution in [0.5, 0.6) is 0 Å². The molecule has 0 spiro atoms. The van der Waals surface area contributed by atoms with Crippen LogP contribution in [0, 0.1) is 75.5 Å². The summed E-state index contributed by atoms with van der Waals surface area (Å²) in [6.45, 7) is -1.55. The first-order valence-electron chi connectivity index (χ1n) is 48.2. The third-order valence-corrected chi connectivity index (χ3v) is 37.1. The van der Waals surface area contributed by atoms with Gasteiger partial charge in [-0.2, -0.15) is 8.78 Å². The minimum Gasteiger partial charge on any atom is -0.748 e. The van der Waals surface area contributed by atoms with Crippen molar-refractivity contribution in [3.8, 4) is 0 Å². The maximum Gasteiger partial charge on any atom is 0.367 e. The van der Waals surface area contributed by atoms with E-state index in [9.17, 15) is 104 Å². The lowest BCUT2D eigenvalue weighted by Gasteiger charge is -2.55. The van der Waals surface area contributed by atoms with Gasteiger partial charge in [0.2, 0.25) is 0 Å². The van der Waals surface area contributed by atoms with Crippen LogP contribution >= 0.6 is 0 Å². The van der Waals surface area contributed by atoms with Crippen LogP contribution in [0.15, 0.2) is 398 Å². The van der Waals surface area contributed by atoms with Crippen molar-refractivity contribution in [1.82, 2.24) is 0 Å². The van der Waals surface area contributed by atoms with Crippen molar-refractivity contribution in [2.75, 3.05) is 37.9 Å². The molecule has 0 radical (unpaired) electrons. The van der Waals surface area contributed by atoms with E-state index in [4.69, 9.17) is 18.9 Å². The number of hydrogen-bond acceptors (Lipinski definition) is 24. The Balaban J connectivity index is 0.000000136. The highest BCUT2D eigenvalue weighted by Crippen LogP contribution is 2.62. The fourth-order valence-corrected chi connectivity index (χ4v) is 30.5. The summed E-state index contributed by atoms with van der Waals surface area (Å²) >= 11 is 0. The van der Waals surface area contributed by atoms with E-state index in [1.54, 1.807) is 48.5 Å². The largest absolute Gasteiger partial charge is 0.748 e. The van der Waals surface area contributed by atoms with Crippen LogP contribution in [0.25, 0.3) is 0 Å². The van der Waals surface area contributed by atoms with Gasteiger partial charge in [0.15, 0.2) is 87.7 Å². The Morgan fingerprint density at radius 2 is 0.627 bits per heavy atom. The lowest BCUT2D eigenvalue weighted by atomic mass is 9.49. The standard InChI is InChI=1S/4C18H14FS.C15H22O7S.C13H18F2O5S.C9H10O8S.C4H6O4/c4*19-15-8-7-13-18(14-15)20(16-9-3-1-4-10-16)17-11-5-2-6-12-17;16-13(9-23(18,19)20)21-1-2-22-14(17)15-6-10-3-11(7-15)5-12(4-10)8-15;14-13(15,21(17,18)19)7-20-11(16)12-4-8-1-9(5-12)3-10(2-8)6-12;10-5(2-18(12,13)14)16-7-4-1-3-6(15-4)8(7)17-9(3)11;1-3(5)8-2-4(6)7/h4*1-14H;10-12H,1-9H2,(H,18,19,20);8-10H,1-7H2,(H,17,18,19);3-4,6-8H,1-2H2,(H,12,13,14);2H2,1H3,(H,6,7)/q4*+1;;;;/p-4. The lowest BCUT2D eigenvalue weighted by Crippen LogP contribution is -2.51. The van der Waals surface area contributed by atoms with E-state index in [-0.39, 0.29) is 103 Å². The molecule has 0 aromatic heterocycles. The molecule has 3 heterocycles. The Kier molecular flexibility index (Phi) is 39.3. The van der Waals surface area contributed by atoms with Crippen molar-refractivity contribution < 1.29 is 137 Å². The van der Waals surface area contributed by atoms with Gasteiger partial charge in [0.1, 0.15) is 80.9 Å². The number of alkyl halides is 2. The normalized spacial score (nSPS) is 21.8. The van der Waals surface area contributed by atoms with Gasteiger partial charge in [-0.25, -0.2) is 42.8 Å². The second kappa shape index (κ2) is 52.1. The van der Waals surface area contributed by atoms with E-state index in [2.05, 4.69) is 111 Å². The molecule has 150 heavy (non-hydrogen) atoms. The molecular weight excluding hydrogens is 2080 g/mol. The summed E-state index contributed by atoms with van der Waals surface area (Å²) in [6.07, 6.45) is 9.52. The van der Waals surface area contributed by atoms with Gasteiger partial charge >= 0.3 is 41.1 Å². The van der Waals surface area contributed by atoms with Crippen molar-refractivity contribution >= 4 is 116 Å². The summed E-state index contributed by atoms with van der Waals surface area (Å²) in [5.74, 6) is -5.93. The van der Waals surface area contributed by atoms with Gasteiger partial charge in [0, 0.05) is 31.2 Å². The highest BCUT2D eigenvalue weighted by molar-refractivity contribution is 7.98. The summed E-state index contributed by atoms with van der Waals surface area (Å²) in [5, 5.41) is 4.95. The zero-order valence-corrected chi connectivity index (χ0v) is 86.8. The predicted molar refractivity (Wildman–Crippen MR) is 542 cm³/mol. The number of halogens is 6. The van der Waals surface area contributed by atoms with E-state index < -0.39 is 120 Å². The van der Waals surface area contributed by atoms with Gasteiger partial charge in [0.25, 0.3) is 0 Å². The molecule has 11 aliphatic rings. The molecule has 0 amide bonds. The highest BCUT2D eigenvalue weighted by Gasteiger charge is 2.65. The van der Waals surface area contributed by atoms with Gasteiger partial charge in [0.05, 0.1) is 72.4 Å². The van der Waals surface area contributed by atoms with Crippen LogP contribution in [0.1, 0.15) is 90.4 Å². The molecule has 12 aromatic rings. The van der Waals surface area contributed by atoms with Gasteiger partial charge in [-0.05, 0) is 265 Å². The van der Waals surface area contributed by atoms with Gasteiger partial charge in [-0.3, -0.25) is 28.8 Å². The molecule has 3 aliphatic heterocycles. The van der Waals surface area contributed by atoms with Crippen LogP contribution in [-0.4, -0.2) is 148 Å². The number of rotatable bonds is 27. The number of fused-ring (bicyclic) bond motifs is 1. The third kappa shape index (κ3) is 31.7. The number of carbonyl (C=O) groups excluding carboxylic acids is 7. The smallest absolute Gasteiger partial charge is 0.367 e. The lowest BCUT2D eigenvalue weighted by molar-refractivity contribution is -0.308. The number of carboxylic acids is 1. The zero-order valence-electron chi connectivity index (χ0n) is 81.0. The highest BCUT2D eigenvalue weighted by atomic mass is 32.2. The number of aliphatic carboxylic acids is 1. The Morgan fingerprint density at radius 1 is 0.360 bits per heavy atom. The van der Waals surface area contributed by atoms with Crippen LogP contribution in [0.3, 0.4) is 0 Å². The average Bonchev–Trinajstić information content (AvgIpc) is 1.58. The molecule has 8 saturated carbocycles.